The van der Waals surface area contributed by atoms with Crippen LogP contribution in [-0.4, -0.2) is 19.5 Å². The molecule has 2 aromatic heterocycles. The maximum atomic E-state index is 4.72. The van der Waals surface area contributed by atoms with Crippen molar-refractivity contribution >= 4 is 87.8 Å². The molecule has 1 nitrogen and oxygen atoms in total. The summed E-state index contributed by atoms with van der Waals surface area (Å²) in [4.78, 5) is 4.72. The van der Waals surface area contributed by atoms with E-state index < -0.39 is 0 Å². The summed E-state index contributed by atoms with van der Waals surface area (Å²) < 4.78 is 2.91. The van der Waals surface area contributed by atoms with E-state index in [4.69, 9.17) is 4.98 Å². The molecule has 0 unspecified atom stereocenters. The molecule has 12 aromatic rings. The summed E-state index contributed by atoms with van der Waals surface area (Å²) in [5.41, 5.74) is 11.2. The molecule has 264 valence electrons. The molecule has 0 amide bonds. The standard InChI is InChI=1S/C55H33NSe/c1-2-14-35(15-3-1)51-42-21-8-10-23-44(42)54(45-24-11-9-22-43(45)51)47-26-12-25-46-48-32-36(29-30-50(48)57-55(46)47)52-38-17-4-6-19-40(38)53(41-20-7-5-18-39(41)52)37-28-27-34-16-13-31-56-49(34)33-37/h1-33H. The van der Waals surface area contributed by atoms with Crippen molar-refractivity contribution < 1.29 is 0 Å². The van der Waals surface area contributed by atoms with Crippen LogP contribution < -0.4 is 0 Å². The second kappa shape index (κ2) is 12.9. The monoisotopic (exact) mass is 787 g/mol. The quantitative estimate of drug-likeness (QED) is 0.128. The van der Waals surface area contributed by atoms with Crippen molar-refractivity contribution in [2.75, 3.05) is 0 Å². The first-order valence-electron chi connectivity index (χ1n) is 19.5. The van der Waals surface area contributed by atoms with Gasteiger partial charge in [-0.2, -0.15) is 0 Å². The average Bonchev–Trinajstić information content (AvgIpc) is 3.66. The number of aromatic nitrogens is 1. The minimum absolute atomic E-state index is 0.151. The van der Waals surface area contributed by atoms with Gasteiger partial charge in [-0.15, -0.1) is 0 Å². The molecule has 0 bridgehead atoms. The molecule has 0 saturated heterocycles. The maximum absolute atomic E-state index is 4.72. The van der Waals surface area contributed by atoms with Gasteiger partial charge in [0.05, 0.1) is 0 Å². The van der Waals surface area contributed by atoms with Gasteiger partial charge in [0.2, 0.25) is 0 Å². The number of pyridine rings is 1. The molecular weight excluding hydrogens is 754 g/mol. The van der Waals surface area contributed by atoms with E-state index in [-0.39, 0.29) is 14.5 Å². The molecule has 2 heterocycles. The van der Waals surface area contributed by atoms with Crippen molar-refractivity contribution in [1.29, 1.82) is 0 Å². The summed E-state index contributed by atoms with van der Waals surface area (Å²) in [6.45, 7) is 0. The van der Waals surface area contributed by atoms with Crippen LogP contribution in [0.3, 0.4) is 0 Å². The Morgan fingerprint density at radius 1 is 0.316 bits per heavy atom. The molecule has 0 saturated carbocycles. The van der Waals surface area contributed by atoms with Crippen molar-refractivity contribution in [2.24, 2.45) is 0 Å². The summed E-state index contributed by atoms with van der Waals surface area (Å²) in [5.74, 6) is 0. The number of rotatable bonds is 4. The molecular formula is C55H33NSe. The van der Waals surface area contributed by atoms with Crippen LogP contribution in [0.2, 0.25) is 0 Å². The Kier molecular flexibility index (Phi) is 7.32. The first-order chi connectivity index (χ1) is 28.3. The first-order valence-corrected chi connectivity index (χ1v) is 21.2. The van der Waals surface area contributed by atoms with E-state index in [9.17, 15) is 0 Å². The van der Waals surface area contributed by atoms with E-state index in [0.717, 1.165) is 10.9 Å². The predicted octanol–water partition coefficient (Wildman–Crippen LogP) is 14.9. The fourth-order valence-corrected chi connectivity index (χ4v) is 12.0. The molecule has 0 radical (unpaired) electrons. The van der Waals surface area contributed by atoms with E-state index in [1.54, 1.807) is 0 Å². The number of hydrogen-bond donors (Lipinski definition) is 0. The predicted molar refractivity (Wildman–Crippen MR) is 245 cm³/mol. The zero-order chi connectivity index (χ0) is 37.5. The van der Waals surface area contributed by atoms with Gasteiger partial charge >= 0.3 is 319 Å². The fraction of sp³-hybridized carbons (Fsp3) is 0. The molecule has 0 N–H and O–H groups in total. The van der Waals surface area contributed by atoms with Crippen molar-refractivity contribution in [2.45, 2.75) is 0 Å². The van der Waals surface area contributed by atoms with Crippen molar-refractivity contribution in [3.63, 3.8) is 0 Å². The van der Waals surface area contributed by atoms with Gasteiger partial charge < -0.3 is 0 Å². The van der Waals surface area contributed by atoms with Gasteiger partial charge in [-0.05, 0) is 6.07 Å². The summed E-state index contributed by atoms with van der Waals surface area (Å²) in [7, 11) is 0. The van der Waals surface area contributed by atoms with Gasteiger partial charge in [0.15, 0.2) is 0 Å². The zero-order valence-corrected chi connectivity index (χ0v) is 32.6. The normalized spacial score (nSPS) is 11.9. The van der Waals surface area contributed by atoms with Gasteiger partial charge in [-0.1, -0.05) is 6.07 Å². The van der Waals surface area contributed by atoms with Crippen molar-refractivity contribution in [3.05, 3.63) is 200 Å². The molecule has 2 heteroatoms. The van der Waals surface area contributed by atoms with Crippen LogP contribution in [0.25, 0.3) is 118 Å². The molecule has 0 atom stereocenters. The third kappa shape index (κ3) is 4.98. The van der Waals surface area contributed by atoms with Crippen LogP contribution in [0.1, 0.15) is 0 Å². The van der Waals surface area contributed by atoms with E-state index in [0.29, 0.717) is 0 Å². The van der Waals surface area contributed by atoms with Gasteiger partial charge in [0.1, 0.15) is 0 Å². The summed E-state index contributed by atoms with van der Waals surface area (Å²) in [6, 6.07) is 71.9. The van der Waals surface area contributed by atoms with Crippen LogP contribution >= 0.6 is 0 Å². The van der Waals surface area contributed by atoms with Gasteiger partial charge in [0.25, 0.3) is 0 Å². The topological polar surface area (TPSA) is 12.9 Å². The summed E-state index contributed by atoms with van der Waals surface area (Å²) in [5, 5.41) is 14.1. The molecule has 0 aliphatic heterocycles. The Morgan fingerprint density at radius 2 is 0.807 bits per heavy atom. The molecule has 57 heavy (non-hydrogen) atoms. The van der Waals surface area contributed by atoms with E-state index in [1.807, 2.05) is 12.3 Å². The average molecular weight is 787 g/mol. The van der Waals surface area contributed by atoms with Crippen molar-refractivity contribution in [1.82, 2.24) is 4.98 Å². The number of benzene rings is 10. The molecule has 12 rings (SSSR count). The number of fused-ring (bicyclic) bond motifs is 8. The van der Waals surface area contributed by atoms with Crippen LogP contribution in [0, 0.1) is 0 Å². The molecule has 0 spiro atoms. The zero-order valence-electron chi connectivity index (χ0n) is 30.9. The van der Waals surface area contributed by atoms with Crippen LogP contribution in [-0.2, 0) is 0 Å². The Balaban J connectivity index is 1.10. The fourth-order valence-electron chi connectivity index (χ4n) is 9.46. The molecule has 0 aliphatic carbocycles. The number of hydrogen-bond acceptors (Lipinski definition) is 1. The van der Waals surface area contributed by atoms with Crippen LogP contribution in [0.4, 0.5) is 0 Å². The van der Waals surface area contributed by atoms with Crippen LogP contribution in [0.5, 0.6) is 0 Å². The van der Waals surface area contributed by atoms with Gasteiger partial charge in [0, 0.05) is 6.20 Å². The van der Waals surface area contributed by atoms with E-state index in [2.05, 4.69) is 188 Å². The Morgan fingerprint density at radius 3 is 1.40 bits per heavy atom. The summed E-state index contributed by atoms with van der Waals surface area (Å²) >= 11 is 0.151. The van der Waals surface area contributed by atoms with Crippen LogP contribution in [0.15, 0.2) is 200 Å². The third-order valence-electron chi connectivity index (χ3n) is 11.9. The van der Waals surface area contributed by atoms with Crippen molar-refractivity contribution in [3.8, 4) is 44.5 Å². The molecule has 10 aromatic carbocycles. The Hall–Kier alpha value is -6.83. The SMILES string of the molecule is c1ccc(-c2c3ccccc3c(-c3cccc4c3[se]c3ccc(-c5c6ccccc6c(-c6ccc7cccnc7c6)c6ccccc56)cc34)c3ccccc23)cc1. The van der Waals surface area contributed by atoms with Gasteiger partial charge in [-0.25, -0.2) is 0 Å². The second-order valence-corrected chi connectivity index (χ2v) is 17.2. The van der Waals surface area contributed by atoms with E-state index >= 15 is 0 Å². The van der Waals surface area contributed by atoms with E-state index in [1.165, 1.54) is 107 Å². The Bertz CT molecular complexity index is 3460. The van der Waals surface area contributed by atoms with Gasteiger partial charge in [-0.3, -0.25) is 0 Å². The molecule has 0 aliphatic rings. The second-order valence-electron chi connectivity index (χ2n) is 15.0. The Labute approximate surface area is 335 Å². The summed E-state index contributed by atoms with van der Waals surface area (Å²) in [6.07, 6.45) is 1.88. The number of nitrogens with zero attached hydrogens (tertiary/aromatic N) is 1. The minimum atomic E-state index is 0.151. The molecule has 0 fully saturated rings. The third-order valence-corrected chi connectivity index (χ3v) is 14.4. The first kappa shape index (κ1) is 32.4.